The number of rotatable bonds is 8. The number of fused-ring (bicyclic) bond motifs is 1. The highest BCUT2D eigenvalue weighted by molar-refractivity contribution is 9.10. The third kappa shape index (κ3) is 15.7. The Morgan fingerprint density at radius 3 is 1.65 bits per heavy atom. The second-order valence-corrected chi connectivity index (χ2v) is 23.3. The van der Waals surface area contributed by atoms with E-state index in [0.717, 1.165) is 26.7 Å². The molecule has 0 aromatic carbocycles. The number of nitrogens with zero attached hydrogens (tertiary/aromatic N) is 13. The van der Waals surface area contributed by atoms with Gasteiger partial charge in [-0.1, -0.05) is 13.8 Å². The monoisotopic (exact) mass is 1100 g/mol. The molecule has 0 radical (unpaired) electrons. The third-order valence-corrected chi connectivity index (χ3v) is 11.9. The second kappa shape index (κ2) is 22.7. The minimum absolute atomic E-state index is 0.342. The normalized spacial score (nSPS) is 14.1. The lowest BCUT2D eigenvalue weighted by atomic mass is 9.80. The summed E-state index contributed by atoms with van der Waals surface area (Å²) in [6, 6.07) is 7.63. The molecule has 24 heteroatoms. The highest BCUT2D eigenvalue weighted by Gasteiger charge is 2.53. The molecular weight excluding hydrogens is 1030 g/mol. The smallest absolute Gasteiger partial charge is 0.443 e. The molecule has 1 fully saturated rings. The van der Waals surface area contributed by atoms with Gasteiger partial charge in [0.05, 0.1) is 32.9 Å². The van der Waals surface area contributed by atoms with Gasteiger partial charge in [0.15, 0.2) is 23.3 Å². The van der Waals surface area contributed by atoms with Gasteiger partial charge in [0, 0.05) is 83.7 Å². The maximum Gasteiger partial charge on any atom is 0.500 e. The molecule has 7 heterocycles. The van der Waals surface area contributed by atoms with E-state index in [4.69, 9.17) is 28.5 Å². The summed E-state index contributed by atoms with van der Waals surface area (Å²) in [7, 11) is 9.69. The van der Waals surface area contributed by atoms with Gasteiger partial charge in [-0.05, 0) is 142 Å². The number of halogens is 1. The number of aromatic nitrogens is 10. The number of anilines is 5. The van der Waals surface area contributed by atoms with Gasteiger partial charge in [-0.25, -0.2) is 19.4 Å². The summed E-state index contributed by atoms with van der Waals surface area (Å²) in [5.74, 6) is 3.07. The number of nitrogens with one attached hydrogen (secondary N) is 1. The van der Waals surface area contributed by atoms with E-state index in [2.05, 4.69) is 65.6 Å². The zero-order chi connectivity index (χ0) is 56.3. The summed E-state index contributed by atoms with van der Waals surface area (Å²) in [6.07, 6.45) is 7.55. The van der Waals surface area contributed by atoms with Crippen molar-refractivity contribution in [1.82, 2.24) is 49.5 Å². The summed E-state index contributed by atoms with van der Waals surface area (Å²) in [4.78, 5) is 50.2. The van der Waals surface area contributed by atoms with Gasteiger partial charge >= 0.3 is 25.4 Å². The molecule has 6 aromatic rings. The van der Waals surface area contributed by atoms with Crippen LogP contribution in [0.1, 0.15) is 115 Å². The summed E-state index contributed by atoms with van der Waals surface area (Å²) >= 11 is 3.33. The molecule has 1 aliphatic heterocycles. The summed E-state index contributed by atoms with van der Waals surface area (Å²) in [5.41, 5.74) is 2.12. The Morgan fingerprint density at radius 1 is 0.667 bits per heavy atom. The lowest BCUT2D eigenvalue weighted by Gasteiger charge is -2.32. The number of carbonyl (C=O) groups is 3. The third-order valence-electron chi connectivity index (χ3n) is 11.3. The standard InChI is InChI=1S/C25H30N8O2.C16H28BN3O4.C10H16BrN3O2/c1-15(2)16-11-22(30-27-13-16)29-21-9-8-19-20(28-21)10-17(12-26-19)18-14-32(6)31-23(18)33(7)24(34)35-25(3,4)5;1-14(2,3)22-13(21)20(9)12-11(10-19(8)18-12)17-23-15(4,5)16(6,7)24-17;1-10(2,3)16-9(15)14(5)8-7(11)6-13(4)12-8/h8-15H,1-7H3,(H,28,29,30);10H,1-9H3;6H,1-5H3. The van der Waals surface area contributed by atoms with Gasteiger partial charge in [-0.2, -0.15) is 20.4 Å². The molecule has 0 saturated carbocycles. The maximum atomic E-state index is 12.7. The maximum absolute atomic E-state index is 12.7. The molecule has 6 aromatic heterocycles. The van der Waals surface area contributed by atoms with E-state index in [1.54, 1.807) is 81.1 Å². The van der Waals surface area contributed by atoms with Crippen LogP contribution in [0.5, 0.6) is 0 Å². The number of aryl methyl sites for hydroxylation is 3. The Bertz CT molecular complexity index is 2970. The van der Waals surface area contributed by atoms with Crippen LogP contribution in [0.25, 0.3) is 22.2 Å². The van der Waals surface area contributed by atoms with Gasteiger partial charge in [-0.3, -0.25) is 33.7 Å². The molecule has 0 unspecified atom stereocenters. The van der Waals surface area contributed by atoms with Gasteiger partial charge < -0.3 is 28.8 Å². The fourth-order valence-electron chi connectivity index (χ4n) is 6.86. The summed E-state index contributed by atoms with van der Waals surface area (Å²) < 4.78 is 34.0. The first-order chi connectivity index (χ1) is 34.4. The van der Waals surface area contributed by atoms with E-state index in [1.165, 1.54) is 14.7 Å². The average Bonchev–Trinajstić information content (AvgIpc) is 4.02. The number of pyridine rings is 2. The molecule has 0 bridgehead atoms. The van der Waals surface area contributed by atoms with Crippen LogP contribution in [0.3, 0.4) is 0 Å². The lowest BCUT2D eigenvalue weighted by molar-refractivity contribution is 0.00578. The van der Waals surface area contributed by atoms with Gasteiger partial charge in [0.25, 0.3) is 0 Å². The van der Waals surface area contributed by atoms with E-state index in [9.17, 15) is 14.4 Å². The van der Waals surface area contributed by atoms with E-state index in [1.807, 2.05) is 120 Å². The first kappa shape index (κ1) is 59.2. The molecule has 0 aliphatic carbocycles. The van der Waals surface area contributed by atoms with E-state index in [0.29, 0.717) is 46.0 Å². The molecule has 1 N–H and O–H groups in total. The topological polar surface area (TPSA) is 224 Å². The predicted octanol–water partition coefficient (Wildman–Crippen LogP) is 9.70. The molecule has 406 valence electrons. The molecule has 0 atom stereocenters. The van der Waals surface area contributed by atoms with Crippen LogP contribution >= 0.6 is 15.9 Å². The van der Waals surface area contributed by atoms with Crippen molar-refractivity contribution in [2.75, 3.05) is 41.2 Å². The van der Waals surface area contributed by atoms with Crippen molar-refractivity contribution in [3.63, 3.8) is 0 Å². The van der Waals surface area contributed by atoms with Crippen LogP contribution in [0.2, 0.25) is 0 Å². The molecule has 22 nitrogen and oxygen atoms in total. The number of hydrogen-bond acceptors (Lipinski definition) is 16. The number of amides is 3. The number of hydrogen-bond donors (Lipinski definition) is 1. The molecule has 75 heavy (non-hydrogen) atoms. The van der Waals surface area contributed by atoms with Crippen LogP contribution < -0.4 is 25.5 Å². The first-order valence-electron chi connectivity index (χ1n) is 24.3. The fraction of sp³-hybridized carbons (Fsp3) is 0.529. The minimum Gasteiger partial charge on any atom is -0.443 e. The van der Waals surface area contributed by atoms with Crippen molar-refractivity contribution in [2.24, 2.45) is 21.1 Å². The molecule has 0 spiro atoms. The number of carbonyl (C=O) groups excluding carboxylic acids is 3. The van der Waals surface area contributed by atoms with Gasteiger partial charge in [0.2, 0.25) is 0 Å². The SMILES string of the molecule is CC(C)c1cnnc(Nc2ccc3ncc(-c4cn(C)nc4N(C)C(=O)OC(C)(C)C)cc3n2)c1.CN(C(=O)OC(C)(C)C)c1nn(C)cc1B1OC(C)(C)C(C)(C)O1.CN(C(=O)OC(C)(C)C)c1nn(C)cc1Br. The zero-order valence-electron chi connectivity index (χ0n) is 47.3. The molecule has 1 aliphatic rings. The quantitative estimate of drug-likeness (QED) is 0.111. The van der Waals surface area contributed by atoms with E-state index < -0.39 is 53.4 Å². The molecule has 3 amide bonds. The Balaban J connectivity index is 0.000000225. The van der Waals surface area contributed by atoms with E-state index >= 15 is 0 Å². The molecule has 1 saturated heterocycles. The minimum atomic E-state index is -0.614. The Labute approximate surface area is 449 Å². The van der Waals surface area contributed by atoms with Crippen LogP contribution in [-0.2, 0) is 44.7 Å². The zero-order valence-corrected chi connectivity index (χ0v) is 48.9. The number of ether oxygens (including phenoxy) is 3. The molecule has 7 rings (SSSR count). The first-order valence-corrected chi connectivity index (χ1v) is 25.1. The van der Waals surface area contributed by atoms with Crippen molar-refractivity contribution in [1.29, 1.82) is 0 Å². The predicted molar refractivity (Wildman–Crippen MR) is 295 cm³/mol. The van der Waals surface area contributed by atoms with Crippen LogP contribution in [0.15, 0.2) is 59.7 Å². The van der Waals surface area contributed by atoms with Gasteiger partial charge in [0.1, 0.15) is 22.6 Å². The summed E-state index contributed by atoms with van der Waals surface area (Å²) in [5, 5.41) is 24.5. The Morgan fingerprint density at radius 2 is 1.15 bits per heavy atom. The molecular formula is C51H74BBrN14O8. The van der Waals surface area contributed by atoms with Crippen molar-refractivity contribution in [3.8, 4) is 11.1 Å². The van der Waals surface area contributed by atoms with Crippen LogP contribution in [-0.4, -0.2) is 124 Å². The van der Waals surface area contributed by atoms with Crippen molar-refractivity contribution in [2.45, 2.75) is 138 Å². The summed E-state index contributed by atoms with van der Waals surface area (Å²) in [6.45, 7) is 28.6. The largest absolute Gasteiger partial charge is 0.500 e. The highest BCUT2D eigenvalue weighted by Crippen LogP contribution is 2.37. The van der Waals surface area contributed by atoms with Crippen LogP contribution in [0, 0.1) is 0 Å². The Hall–Kier alpha value is -6.66. The fourth-order valence-corrected chi connectivity index (χ4v) is 7.50. The average molecular weight is 1100 g/mol. The van der Waals surface area contributed by atoms with E-state index in [-0.39, 0.29) is 0 Å². The van der Waals surface area contributed by atoms with Gasteiger partial charge in [-0.15, -0.1) is 5.10 Å². The lowest BCUT2D eigenvalue weighted by Crippen LogP contribution is -2.41. The van der Waals surface area contributed by atoms with Crippen LogP contribution in [0.4, 0.5) is 43.5 Å². The Kier molecular flexibility index (Phi) is 17.9. The van der Waals surface area contributed by atoms with Crippen molar-refractivity contribution < 1.29 is 37.9 Å². The highest BCUT2D eigenvalue weighted by atomic mass is 79.9. The van der Waals surface area contributed by atoms with Crippen molar-refractivity contribution >= 4 is 86.9 Å². The second-order valence-electron chi connectivity index (χ2n) is 22.4. The van der Waals surface area contributed by atoms with Crippen molar-refractivity contribution in [3.05, 3.63) is 65.3 Å².